The van der Waals surface area contributed by atoms with Crippen LogP contribution in [0.5, 0.6) is 5.75 Å². The van der Waals surface area contributed by atoms with E-state index in [9.17, 15) is 5.11 Å². The Kier molecular flexibility index (Phi) is 2.41. The van der Waals surface area contributed by atoms with Gasteiger partial charge in [0.25, 0.3) is 0 Å². The molecular weight excluding hydrogens is 178 g/mol. The zero-order chi connectivity index (χ0) is 9.97. The molecule has 14 heavy (non-hydrogen) atoms. The summed E-state index contributed by atoms with van der Waals surface area (Å²) in [6, 6.07) is 5.44. The second-order valence-corrected chi connectivity index (χ2v) is 3.33. The van der Waals surface area contributed by atoms with Crippen LogP contribution in [0.4, 0.5) is 0 Å². The minimum Gasteiger partial charge on any atom is -0.508 e. The fourth-order valence-corrected chi connectivity index (χ4v) is 1.53. The zero-order valence-corrected chi connectivity index (χ0v) is 7.86. The average Bonchev–Trinajstić information content (AvgIpc) is 2.61. The summed E-state index contributed by atoms with van der Waals surface area (Å²) in [4.78, 5) is 0. The fraction of sp³-hybridized carbons (Fsp3) is 0.273. The molecule has 0 atom stereocenters. The third-order valence-electron chi connectivity index (χ3n) is 2.30. The first kappa shape index (κ1) is 9.09. The van der Waals surface area contributed by atoms with E-state index in [1.165, 1.54) is 0 Å². The van der Waals surface area contributed by atoms with E-state index in [-0.39, 0.29) is 0 Å². The van der Waals surface area contributed by atoms with Gasteiger partial charge < -0.3 is 15.3 Å². The lowest BCUT2D eigenvalue weighted by Gasteiger charge is -2.03. The first-order valence-corrected chi connectivity index (χ1v) is 4.70. The number of aromatic hydroxyl groups is 1. The Labute approximate surface area is 82.1 Å². The van der Waals surface area contributed by atoms with Crippen molar-refractivity contribution in [3.8, 4) is 5.75 Å². The maximum atomic E-state index is 9.67. The number of fused-ring (bicyclic) bond motifs is 1. The molecule has 0 unspecified atom stereocenters. The monoisotopic (exact) mass is 191 g/mol. The molecule has 3 heteroatoms. The molecule has 0 spiro atoms. The lowest BCUT2D eigenvalue weighted by Crippen LogP contribution is -2.00. The second-order valence-electron chi connectivity index (χ2n) is 3.33. The van der Waals surface area contributed by atoms with Crippen LogP contribution in [0.1, 0.15) is 12.0 Å². The Balaban J connectivity index is 2.38. The van der Waals surface area contributed by atoms with Gasteiger partial charge in [-0.25, -0.2) is 0 Å². The summed E-state index contributed by atoms with van der Waals surface area (Å²) in [6.45, 7) is 0.635. The van der Waals surface area contributed by atoms with E-state index in [1.807, 2.05) is 12.1 Å². The van der Waals surface area contributed by atoms with Crippen molar-refractivity contribution in [3.63, 3.8) is 0 Å². The Morgan fingerprint density at radius 3 is 3.00 bits per heavy atom. The van der Waals surface area contributed by atoms with E-state index in [2.05, 4.69) is 0 Å². The average molecular weight is 191 g/mol. The normalized spacial score (nSPS) is 10.9. The topological polar surface area (TPSA) is 59.4 Å². The van der Waals surface area contributed by atoms with Crippen molar-refractivity contribution in [2.45, 2.75) is 12.8 Å². The van der Waals surface area contributed by atoms with Crippen molar-refractivity contribution < 1.29 is 9.52 Å². The molecule has 0 aliphatic carbocycles. The van der Waals surface area contributed by atoms with Crippen molar-refractivity contribution in [2.24, 2.45) is 5.73 Å². The van der Waals surface area contributed by atoms with Crippen molar-refractivity contribution in [2.75, 3.05) is 6.54 Å². The fourth-order valence-electron chi connectivity index (χ4n) is 1.53. The summed E-state index contributed by atoms with van der Waals surface area (Å²) in [5, 5.41) is 10.6. The van der Waals surface area contributed by atoms with Gasteiger partial charge in [-0.3, -0.25) is 0 Å². The highest BCUT2D eigenvalue weighted by Crippen LogP contribution is 2.26. The standard InChI is InChI=1S/C11H13NO2/c12-4-1-2-8-7-11-9(3-5-14-11)6-10(8)13/h3,5-7,13H,1-2,4,12H2. The van der Waals surface area contributed by atoms with Crippen molar-refractivity contribution >= 4 is 11.0 Å². The second kappa shape index (κ2) is 3.72. The van der Waals surface area contributed by atoms with E-state index in [4.69, 9.17) is 10.2 Å². The molecular formula is C11H13NO2. The molecule has 1 aromatic carbocycles. The number of rotatable bonds is 3. The van der Waals surface area contributed by atoms with E-state index < -0.39 is 0 Å². The van der Waals surface area contributed by atoms with Crippen LogP contribution < -0.4 is 5.73 Å². The largest absolute Gasteiger partial charge is 0.508 e. The number of furan rings is 1. The predicted molar refractivity (Wildman–Crippen MR) is 55.3 cm³/mol. The van der Waals surface area contributed by atoms with Gasteiger partial charge in [0.2, 0.25) is 0 Å². The highest BCUT2D eigenvalue weighted by molar-refractivity contribution is 5.79. The molecule has 3 N–H and O–H groups in total. The number of nitrogens with two attached hydrogens (primary N) is 1. The van der Waals surface area contributed by atoms with E-state index in [0.29, 0.717) is 12.3 Å². The Morgan fingerprint density at radius 1 is 1.36 bits per heavy atom. The van der Waals surface area contributed by atoms with Crippen LogP contribution in [-0.2, 0) is 6.42 Å². The highest BCUT2D eigenvalue weighted by atomic mass is 16.3. The zero-order valence-electron chi connectivity index (χ0n) is 7.86. The molecule has 2 aromatic rings. The molecule has 3 nitrogen and oxygen atoms in total. The number of aryl methyl sites for hydroxylation is 1. The summed E-state index contributed by atoms with van der Waals surface area (Å²) in [7, 11) is 0. The van der Waals surface area contributed by atoms with Crippen LogP contribution in [0, 0.1) is 0 Å². The molecule has 74 valence electrons. The third-order valence-corrected chi connectivity index (χ3v) is 2.30. The van der Waals surface area contributed by atoms with Gasteiger partial charge in [0, 0.05) is 5.39 Å². The van der Waals surface area contributed by atoms with Crippen LogP contribution in [0.25, 0.3) is 11.0 Å². The lowest BCUT2D eigenvalue weighted by molar-refractivity contribution is 0.467. The number of hydrogen-bond donors (Lipinski definition) is 2. The summed E-state index contributed by atoms with van der Waals surface area (Å²) in [6.07, 6.45) is 3.29. The van der Waals surface area contributed by atoms with Crippen molar-refractivity contribution in [1.82, 2.24) is 0 Å². The Hall–Kier alpha value is -1.48. The summed E-state index contributed by atoms with van der Waals surface area (Å²) >= 11 is 0. The predicted octanol–water partition coefficient (Wildman–Crippen LogP) is 2.03. The minimum atomic E-state index is 0.326. The molecule has 0 aliphatic rings. The maximum Gasteiger partial charge on any atom is 0.134 e. The van der Waals surface area contributed by atoms with Crippen LogP contribution in [0.3, 0.4) is 0 Å². The molecule has 0 amide bonds. The SMILES string of the molecule is NCCCc1cc2occc2cc1O. The molecule has 0 saturated heterocycles. The van der Waals surface area contributed by atoms with E-state index >= 15 is 0 Å². The van der Waals surface area contributed by atoms with Gasteiger partial charge in [-0.15, -0.1) is 0 Å². The third kappa shape index (κ3) is 1.59. The minimum absolute atomic E-state index is 0.326. The van der Waals surface area contributed by atoms with Crippen molar-refractivity contribution in [1.29, 1.82) is 0 Å². The molecule has 1 heterocycles. The van der Waals surface area contributed by atoms with Gasteiger partial charge in [0.15, 0.2) is 0 Å². The first-order chi connectivity index (χ1) is 6.81. The molecule has 0 saturated carbocycles. The van der Waals surface area contributed by atoms with Crippen LogP contribution >= 0.6 is 0 Å². The molecule has 0 aliphatic heterocycles. The van der Waals surface area contributed by atoms with Crippen LogP contribution in [-0.4, -0.2) is 11.7 Å². The quantitative estimate of drug-likeness (QED) is 0.780. The van der Waals surface area contributed by atoms with E-state index in [1.54, 1.807) is 12.3 Å². The summed E-state index contributed by atoms with van der Waals surface area (Å²) in [5.41, 5.74) is 7.13. The maximum absolute atomic E-state index is 9.67. The van der Waals surface area contributed by atoms with Crippen molar-refractivity contribution in [3.05, 3.63) is 30.0 Å². The molecule has 0 fully saturated rings. The number of phenols is 1. The van der Waals surface area contributed by atoms with Gasteiger partial charge in [0.1, 0.15) is 11.3 Å². The molecule has 2 rings (SSSR count). The first-order valence-electron chi connectivity index (χ1n) is 4.70. The van der Waals surface area contributed by atoms with Gasteiger partial charge in [-0.1, -0.05) is 0 Å². The number of benzene rings is 1. The Bertz CT molecular complexity index is 434. The lowest BCUT2D eigenvalue weighted by atomic mass is 10.1. The summed E-state index contributed by atoms with van der Waals surface area (Å²) in [5.74, 6) is 0.326. The number of phenolic OH excluding ortho intramolecular Hbond substituents is 1. The molecule has 0 bridgehead atoms. The smallest absolute Gasteiger partial charge is 0.134 e. The van der Waals surface area contributed by atoms with Gasteiger partial charge >= 0.3 is 0 Å². The van der Waals surface area contributed by atoms with Crippen LogP contribution in [0.15, 0.2) is 28.9 Å². The van der Waals surface area contributed by atoms with Gasteiger partial charge in [-0.2, -0.15) is 0 Å². The van der Waals surface area contributed by atoms with Gasteiger partial charge in [-0.05, 0) is 43.1 Å². The van der Waals surface area contributed by atoms with Gasteiger partial charge in [0.05, 0.1) is 6.26 Å². The van der Waals surface area contributed by atoms with E-state index in [0.717, 1.165) is 29.4 Å². The highest BCUT2D eigenvalue weighted by Gasteiger charge is 2.05. The van der Waals surface area contributed by atoms with Crippen LogP contribution in [0.2, 0.25) is 0 Å². The summed E-state index contributed by atoms with van der Waals surface area (Å²) < 4.78 is 5.25. The number of hydrogen-bond acceptors (Lipinski definition) is 3. The molecule has 1 aromatic heterocycles. The molecule has 0 radical (unpaired) electrons. The Morgan fingerprint density at radius 2 is 2.21 bits per heavy atom.